The lowest BCUT2D eigenvalue weighted by Crippen LogP contribution is -2.24. The maximum absolute atomic E-state index is 13.9. The summed E-state index contributed by atoms with van der Waals surface area (Å²) in [6, 6.07) is 13.5. The SMILES string of the molecule is CCCCCCCn1c(C)nc2c(c1=O)c1nc3ccccc3nc1n2-c1ccc2c(c1)OCCO2. The van der Waals surface area contributed by atoms with E-state index in [-0.39, 0.29) is 5.56 Å². The topological polar surface area (TPSA) is 84.1 Å². The van der Waals surface area contributed by atoms with E-state index in [9.17, 15) is 4.79 Å². The molecule has 2 aromatic carbocycles. The first-order valence-corrected chi connectivity index (χ1v) is 12.7. The van der Waals surface area contributed by atoms with Gasteiger partial charge in [0.2, 0.25) is 0 Å². The zero-order chi connectivity index (χ0) is 24.6. The number of aromatic nitrogens is 5. The molecular formula is C28H29N5O3. The monoisotopic (exact) mass is 483 g/mol. The first-order chi connectivity index (χ1) is 17.7. The lowest BCUT2D eigenvalue weighted by Gasteiger charge is -2.19. The van der Waals surface area contributed by atoms with Gasteiger partial charge in [-0.25, -0.2) is 15.0 Å². The van der Waals surface area contributed by atoms with Crippen LogP contribution in [0.4, 0.5) is 0 Å². The standard InChI is InChI=1S/C28H29N5O3/c1-3-4-5-6-9-14-32-18(2)29-26-24(28(32)34)25-27(31-21-11-8-7-10-20(21)30-25)33(26)19-12-13-22-23(17-19)36-16-15-35-22/h7-8,10-13,17H,3-6,9,14-16H2,1-2H3. The molecule has 0 saturated carbocycles. The van der Waals surface area contributed by atoms with Gasteiger partial charge in [0.1, 0.15) is 29.9 Å². The molecule has 8 nitrogen and oxygen atoms in total. The number of benzene rings is 2. The number of para-hydroxylation sites is 2. The van der Waals surface area contributed by atoms with Gasteiger partial charge in [0.15, 0.2) is 22.8 Å². The molecule has 36 heavy (non-hydrogen) atoms. The molecule has 0 saturated heterocycles. The Hall–Kier alpha value is -3.94. The van der Waals surface area contributed by atoms with Crippen LogP contribution in [0.1, 0.15) is 44.9 Å². The normalized spacial score (nSPS) is 13.2. The van der Waals surface area contributed by atoms with Gasteiger partial charge in [-0.15, -0.1) is 0 Å². The average molecular weight is 484 g/mol. The van der Waals surface area contributed by atoms with E-state index in [1.165, 1.54) is 19.3 Å². The Balaban J connectivity index is 1.59. The number of hydrogen-bond donors (Lipinski definition) is 0. The van der Waals surface area contributed by atoms with E-state index in [0.717, 1.165) is 29.6 Å². The van der Waals surface area contributed by atoms with Crippen LogP contribution in [0.5, 0.6) is 11.5 Å². The van der Waals surface area contributed by atoms with Gasteiger partial charge in [-0.3, -0.25) is 13.9 Å². The second-order valence-electron chi connectivity index (χ2n) is 9.28. The summed E-state index contributed by atoms with van der Waals surface area (Å²) in [5.74, 6) is 2.06. The summed E-state index contributed by atoms with van der Waals surface area (Å²) < 4.78 is 15.3. The number of hydrogen-bond acceptors (Lipinski definition) is 6. The van der Waals surface area contributed by atoms with E-state index < -0.39 is 0 Å². The fourth-order valence-electron chi connectivity index (χ4n) is 4.98. The van der Waals surface area contributed by atoms with Gasteiger partial charge in [0.25, 0.3) is 5.56 Å². The lowest BCUT2D eigenvalue weighted by atomic mass is 10.1. The first-order valence-electron chi connectivity index (χ1n) is 12.7. The fraction of sp³-hybridized carbons (Fsp3) is 0.357. The fourth-order valence-corrected chi connectivity index (χ4v) is 4.98. The highest BCUT2D eigenvalue weighted by atomic mass is 16.6. The molecule has 0 bridgehead atoms. The molecule has 5 aromatic rings. The molecule has 0 N–H and O–H groups in total. The summed E-state index contributed by atoms with van der Waals surface area (Å²) in [5, 5.41) is 0.498. The Bertz CT molecular complexity index is 1650. The number of fused-ring (bicyclic) bond motifs is 5. The molecule has 184 valence electrons. The van der Waals surface area contributed by atoms with Crippen LogP contribution in [-0.4, -0.2) is 37.3 Å². The van der Waals surface area contributed by atoms with Crippen molar-refractivity contribution in [1.82, 2.24) is 24.1 Å². The second kappa shape index (κ2) is 9.26. The summed E-state index contributed by atoms with van der Waals surface area (Å²) in [6.45, 7) is 5.77. The molecule has 0 spiro atoms. The molecule has 0 amide bonds. The van der Waals surface area contributed by atoms with Crippen molar-refractivity contribution in [3.8, 4) is 17.2 Å². The lowest BCUT2D eigenvalue weighted by molar-refractivity contribution is 0.171. The van der Waals surface area contributed by atoms with Crippen molar-refractivity contribution in [3.63, 3.8) is 0 Å². The molecule has 1 aliphatic heterocycles. The van der Waals surface area contributed by atoms with Crippen molar-refractivity contribution in [3.05, 3.63) is 58.6 Å². The van der Waals surface area contributed by atoms with Crippen LogP contribution in [0, 0.1) is 6.92 Å². The van der Waals surface area contributed by atoms with Gasteiger partial charge in [0, 0.05) is 12.6 Å². The van der Waals surface area contributed by atoms with Crippen LogP contribution in [0.15, 0.2) is 47.3 Å². The highest BCUT2D eigenvalue weighted by Crippen LogP contribution is 2.35. The van der Waals surface area contributed by atoms with Crippen molar-refractivity contribution in [2.75, 3.05) is 13.2 Å². The maximum atomic E-state index is 13.9. The van der Waals surface area contributed by atoms with E-state index in [1.54, 1.807) is 4.57 Å². The molecular weight excluding hydrogens is 454 g/mol. The largest absolute Gasteiger partial charge is 0.486 e. The molecule has 0 atom stereocenters. The third-order valence-corrected chi connectivity index (χ3v) is 6.82. The number of rotatable bonds is 7. The molecule has 8 heteroatoms. The van der Waals surface area contributed by atoms with Crippen LogP contribution in [0.2, 0.25) is 0 Å². The number of ether oxygens (including phenoxy) is 2. The van der Waals surface area contributed by atoms with Gasteiger partial charge >= 0.3 is 0 Å². The van der Waals surface area contributed by atoms with Crippen LogP contribution in [0.3, 0.4) is 0 Å². The van der Waals surface area contributed by atoms with Gasteiger partial charge in [0.05, 0.1) is 16.7 Å². The van der Waals surface area contributed by atoms with Crippen molar-refractivity contribution < 1.29 is 9.47 Å². The van der Waals surface area contributed by atoms with Crippen LogP contribution in [0.25, 0.3) is 38.9 Å². The predicted octanol–water partition coefficient (Wildman–Crippen LogP) is 5.33. The highest BCUT2D eigenvalue weighted by molar-refractivity contribution is 6.05. The minimum Gasteiger partial charge on any atom is -0.486 e. The molecule has 4 heterocycles. The van der Waals surface area contributed by atoms with Gasteiger partial charge in [-0.1, -0.05) is 44.7 Å². The van der Waals surface area contributed by atoms with Gasteiger partial charge in [-0.05, 0) is 37.6 Å². The number of nitrogens with zero attached hydrogens (tertiary/aromatic N) is 5. The first kappa shape index (κ1) is 22.5. The minimum atomic E-state index is -0.0705. The molecule has 1 aliphatic rings. The van der Waals surface area contributed by atoms with Crippen molar-refractivity contribution >= 4 is 33.2 Å². The van der Waals surface area contributed by atoms with Crippen LogP contribution in [-0.2, 0) is 6.54 Å². The Kier molecular flexibility index (Phi) is 5.79. The van der Waals surface area contributed by atoms with E-state index in [1.807, 2.05) is 54.0 Å². The van der Waals surface area contributed by atoms with Crippen LogP contribution < -0.4 is 15.0 Å². The van der Waals surface area contributed by atoms with E-state index >= 15 is 0 Å². The smallest absolute Gasteiger partial charge is 0.265 e. The maximum Gasteiger partial charge on any atom is 0.265 e. The molecule has 0 aliphatic carbocycles. The Morgan fingerprint density at radius 1 is 0.861 bits per heavy atom. The van der Waals surface area contributed by atoms with Crippen molar-refractivity contribution in [2.24, 2.45) is 0 Å². The quantitative estimate of drug-likeness (QED) is 0.291. The molecule has 0 fully saturated rings. The Labute approximate surface area is 208 Å². The van der Waals surface area contributed by atoms with Gasteiger partial charge < -0.3 is 9.47 Å². The number of unbranched alkanes of at least 4 members (excludes halogenated alkanes) is 4. The zero-order valence-corrected chi connectivity index (χ0v) is 20.7. The third-order valence-electron chi connectivity index (χ3n) is 6.82. The van der Waals surface area contributed by atoms with E-state index in [0.29, 0.717) is 59.3 Å². The molecule has 0 radical (unpaired) electrons. The Morgan fingerprint density at radius 2 is 1.61 bits per heavy atom. The molecule has 3 aromatic heterocycles. The summed E-state index contributed by atoms with van der Waals surface area (Å²) >= 11 is 0. The summed E-state index contributed by atoms with van der Waals surface area (Å²) in [4.78, 5) is 28.7. The highest BCUT2D eigenvalue weighted by Gasteiger charge is 2.23. The summed E-state index contributed by atoms with van der Waals surface area (Å²) in [5.41, 5.74) is 3.96. The Morgan fingerprint density at radius 3 is 2.42 bits per heavy atom. The summed E-state index contributed by atoms with van der Waals surface area (Å²) in [6.07, 6.45) is 5.64. The molecule has 6 rings (SSSR count). The van der Waals surface area contributed by atoms with Crippen molar-refractivity contribution in [1.29, 1.82) is 0 Å². The zero-order valence-electron chi connectivity index (χ0n) is 20.7. The predicted molar refractivity (Wildman–Crippen MR) is 140 cm³/mol. The van der Waals surface area contributed by atoms with E-state index in [4.69, 9.17) is 24.4 Å². The van der Waals surface area contributed by atoms with E-state index in [2.05, 4.69) is 6.92 Å². The molecule has 0 unspecified atom stereocenters. The minimum absolute atomic E-state index is 0.0705. The second-order valence-corrected chi connectivity index (χ2v) is 9.28. The number of aryl methyl sites for hydroxylation is 1. The summed E-state index contributed by atoms with van der Waals surface area (Å²) in [7, 11) is 0. The average Bonchev–Trinajstić information content (AvgIpc) is 3.21. The van der Waals surface area contributed by atoms with Gasteiger partial charge in [-0.2, -0.15) is 0 Å². The third kappa shape index (κ3) is 3.77. The van der Waals surface area contributed by atoms with Crippen molar-refractivity contribution in [2.45, 2.75) is 52.5 Å². The van der Waals surface area contributed by atoms with Crippen LogP contribution >= 0.6 is 0 Å².